The Balaban J connectivity index is 1.34. The van der Waals surface area contributed by atoms with E-state index in [1.54, 1.807) is 6.92 Å². The molecule has 0 saturated heterocycles. The van der Waals surface area contributed by atoms with Gasteiger partial charge in [-0.2, -0.15) is 8.42 Å². The third kappa shape index (κ3) is 5.05. The van der Waals surface area contributed by atoms with E-state index in [0.717, 1.165) is 48.6 Å². The summed E-state index contributed by atoms with van der Waals surface area (Å²) in [5.74, 6) is 0.0386. The molecular formula is C33H39NO5S. The van der Waals surface area contributed by atoms with Crippen molar-refractivity contribution in [1.82, 2.24) is 0 Å². The Bertz CT molecular complexity index is 1630. The van der Waals surface area contributed by atoms with Crippen molar-refractivity contribution in [2.24, 2.45) is 21.4 Å². The van der Waals surface area contributed by atoms with Crippen LogP contribution in [-0.2, 0) is 38.5 Å². The lowest BCUT2D eigenvalue weighted by Gasteiger charge is -2.27. The molecule has 0 heterocycles. The summed E-state index contributed by atoms with van der Waals surface area (Å²) >= 11 is 0. The molecule has 0 amide bonds. The molecule has 40 heavy (non-hydrogen) atoms. The third-order valence-corrected chi connectivity index (χ3v) is 9.67. The highest BCUT2D eigenvalue weighted by atomic mass is 32.2. The Hall–Kier alpha value is -3.19. The van der Waals surface area contributed by atoms with Crippen LogP contribution in [0.15, 0.2) is 58.6 Å². The van der Waals surface area contributed by atoms with Crippen molar-refractivity contribution < 1.29 is 22.2 Å². The summed E-state index contributed by atoms with van der Waals surface area (Å²) in [4.78, 5) is 13.1. The molecule has 0 N–H and O–H groups in total. The summed E-state index contributed by atoms with van der Waals surface area (Å²) in [6, 6.07) is 14.2. The Labute approximate surface area is 237 Å². The smallest absolute Gasteiger partial charge is 0.358 e. The van der Waals surface area contributed by atoms with E-state index in [2.05, 4.69) is 64.9 Å². The van der Waals surface area contributed by atoms with Gasteiger partial charge in [0, 0.05) is 5.56 Å². The molecule has 1 saturated carbocycles. The average molecular weight is 562 g/mol. The van der Waals surface area contributed by atoms with Crippen LogP contribution in [0.4, 0.5) is 0 Å². The van der Waals surface area contributed by atoms with E-state index < -0.39 is 15.5 Å². The van der Waals surface area contributed by atoms with E-state index in [-0.39, 0.29) is 21.7 Å². The topological polar surface area (TPSA) is 82.0 Å². The van der Waals surface area contributed by atoms with Crippen molar-refractivity contribution in [3.05, 3.63) is 70.8 Å². The zero-order valence-corrected chi connectivity index (χ0v) is 25.4. The first-order valence-corrected chi connectivity index (χ1v) is 15.5. The second-order valence-corrected chi connectivity index (χ2v) is 14.7. The first-order chi connectivity index (χ1) is 18.7. The minimum Gasteiger partial charge on any atom is -0.426 e. The largest absolute Gasteiger partial charge is 0.426 e. The number of nitrogens with zero attached hydrogens (tertiary/aromatic N) is 1. The number of carbonyl (C=O) groups is 1. The number of ether oxygens (including phenoxy) is 1. The van der Waals surface area contributed by atoms with Crippen LogP contribution in [0.1, 0.15) is 83.6 Å². The fraction of sp³-hybridized carbons (Fsp3) is 0.455. The minimum atomic E-state index is -4.17. The van der Waals surface area contributed by atoms with Gasteiger partial charge in [-0.25, -0.2) is 0 Å². The van der Waals surface area contributed by atoms with Crippen LogP contribution in [0, 0.1) is 16.2 Å². The Morgan fingerprint density at radius 3 is 2.27 bits per heavy atom. The number of benzene rings is 3. The lowest BCUT2D eigenvalue weighted by molar-refractivity contribution is -0.143. The molecule has 2 aliphatic rings. The SMILES string of the molecule is CCc1cc2c3c(cccc3c1C(C)=NOS(=O)(=O)c1ccc(OC(=O)C3(CC(C)(C)C)CC3(C)C)cc1)CC2. The van der Waals surface area contributed by atoms with Gasteiger partial charge in [0.15, 0.2) is 0 Å². The second-order valence-electron chi connectivity index (χ2n) is 13.2. The molecule has 0 bridgehead atoms. The van der Waals surface area contributed by atoms with Gasteiger partial charge in [0.2, 0.25) is 0 Å². The van der Waals surface area contributed by atoms with Gasteiger partial charge >= 0.3 is 16.1 Å². The van der Waals surface area contributed by atoms with Crippen molar-refractivity contribution in [3.63, 3.8) is 0 Å². The minimum absolute atomic E-state index is 0.0224. The predicted molar refractivity (Wildman–Crippen MR) is 158 cm³/mol. The van der Waals surface area contributed by atoms with E-state index >= 15 is 0 Å². The van der Waals surface area contributed by atoms with Crippen molar-refractivity contribution >= 4 is 32.6 Å². The highest BCUT2D eigenvalue weighted by Crippen LogP contribution is 2.68. The van der Waals surface area contributed by atoms with E-state index in [0.29, 0.717) is 11.5 Å². The van der Waals surface area contributed by atoms with Crippen LogP contribution >= 0.6 is 0 Å². The molecule has 0 aromatic heterocycles. The molecule has 212 valence electrons. The number of carbonyl (C=O) groups excluding carboxylic acids is 1. The first-order valence-electron chi connectivity index (χ1n) is 14.0. The van der Waals surface area contributed by atoms with Crippen LogP contribution in [0.3, 0.4) is 0 Å². The molecular weight excluding hydrogens is 522 g/mol. The number of esters is 1. The number of aryl methyl sites for hydroxylation is 3. The molecule has 3 aromatic carbocycles. The fourth-order valence-corrected chi connectivity index (χ4v) is 7.27. The average Bonchev–Trinajstić information content (AvgIpc) is 3.20. The first kappa shape index (κ1) is 28.3. The fourth-order valence-electron chi connectivity index (χ4n) is 6.51. The maximum absolute atomic E-state index is 13.2. The van der Waals surface area contributed by atoms with Crippen LogP contribution in [0.5, 0.6) is 5.75 Å². The van der Waals surface area contributed by atoms with Crippen LogP contribution in [-0.4, -0.2) is 20.1 Å². The number of rotatable bonds is 8. The summed E-state index contributed by atoms with van der Waals surface area (Å²) in [5.41, 5.74) is 4.52. The standard InChI is InChI=1S/C33H39NO5S/c1-8-22-18-24-13-12-23-10-9-11-27(29(23)24)28(22)21(2)34-39-40(36,37)26-16-14-25(15-17-26)38-30(35)33(19-31(3,4)5)20-32(33,6)7/h9-11,14-18H,8,12-13,19-20H2,1-7H3. The van der Waals surface area contributed by atoms with Gasteiger partial charge in [-0.15, -0.1) is 0 Å². The quantitative estimate of drug-likeness (QED) is 0.124. The van der Waals surface area contributed by atoms with Crippen molar-refractivity contribution in [2.45, 2.75) is 85.5 Å². The van der Waals surface area contributed by atoms with E-state index in [9.17, 15) is 13.2 Å². The highest BCUT2D eigenvalue weighted by molar-refractivity contribution is 7.86. The zero-order chi connectivity index (χ0) is 29.1. The van der Waals surface area contributed by atoms with Crippen molar-refractivity contribution in [2.75, 3.05) is 0 Å². The predicted octanol–water partition coefficient (Wildman–Crippen LogP) is 7.39. The van der Waals surface area contributed by atoms with Gasteiger partial charge < -0.3 is 4.74 Å². The number of hydrogen-bond acceptors (Lipinski definition) is 6. The lowest BCUT2D eigenvalue weighted by Crippen LogP contribution is -2.30. The van der Waals surface area contributed by atoms with Crippen LogP contribution in [0.25, 0.3) is 10.8 Å². The monoisotopic (exact) mass is 561 g/mol. The van der Waals surface area contributed by atoms with Crippen molar-refractivity contribution in [1.29, 1.82) is 0 Å². The molecule has 1 fully saturated rings. The molecule has 0 aliphatic heterocycles. The molecule has 0 radical (unpaired) electrons. The Morgan fingerprint density at radius 2 is 1.68 bits per heavy atom. The number of hydrogen-bond donors (Lipinski definition) is 0. The van der Waals surface area contributed by atoms with E-state index in [1.165, 1.54) is 40.8 Å². The van der Waals surface area contributed by atoms with E-state index in [1.807, 2.05) is 6.07 Å². The van der Waals surface area contributed by atoms with E-state index in [4.69, 9.17) is 9.02 Å². The second kappa shape index (κ2) is 9.72. The summed E-state index contributed by atoms with van der Waals surface area (Å²) in [6.07, 6.45) is 4.33. The van der Waals surface area contributed by atoms with Gasteiger partial charge in [0.1, 0.15) is 10.6 Å². The number of oxime groups is 1. The normalized spacial score (nSPS) is 20.0. The molecule has 1 unspecified atom stereocenters. The van der Waals surface area contributed by atoms with Crippen molar-refractivity contribution in [3.8, 4) is 5.75 Å². The summed E-state index contributed by atoms with van der Waals surface area (Å²) in [6.45, 7) is 14.4. The molecule has 0 spiro atoms. The molecule has 5 rings (SSSR count). The molecule has 3 aromatic rings. The zero-order valence-electron chi connectivity index (χ0n) is 24.6. The highest BCUT2D eigenvalue weighted by Gasteiger charge is 2.68. The third-order valence-electron chi connectivity index (χ3n) is 8.55. The van der Waals surface area contributed by atoms with Gasteiger partial charge in [0.25, 0.3) is 0 Å². The van der Waals surface area contributed by atoms with Gasteiger partial charge in [-0.3, -0.25) is 9.08 Å². The van der Waals surface area contributed by atoms with Gasteiger partial charge in [-0.05, 0) is 102 Å². The summed E-state index contributed by atoms with van der Waals surface area (Å²) in [7, 11) is -4.17. The summed E-state index contributed by atoms with van der Waals surface area (Å²) < 4.78 is 36.9. The van der Waals surface area contributed by atoms with Crippen LogP contribution in [0.2, 0.25) is 0 Å². The Kier molecular flexibility index (Phi) is 6.89. The molecule has 6 nitrogen and oxygen atoms in total. The molecule has 2 aliphatic carbocycles. The summed E-state index contributed by atoms with van der Waals surface area (Å²) in [5, 5.41) is 6.42. The van der Waals surface area contributed by atoms with Gasteiger partial charge in [0.05, 0.1) is 11.1 Å². The molecule has 7 heteroatoms. The Morgan fingerprint density at radius 1 is 1.02 bits per heavy atom. The maximum Gasteiger partial charge on any atom is 0.358 e. The van der Waals surface area contributed by atoms with Gasteiger partial charge in [-0.1, -0.05) is 71.0 Å². The molecule has 1 atom stereocenters. The lowest BCUT2D eigenvalue weighted by atomic mass is 9.79. The van der Waals surface area contributed by atoms with Crippen LogP contribution < -0.4 is 4.74 Å². The maximum atomic E-state index is 13.2.